The van der Waals surface area contributed by atoms with Gasteiger partial charge in [0.1, 0.15) is 16.4 Å². The van der Waals surface area contributed by atoms with Gasteiger partial charge in [-0.1, -0.05) is 20.8 Å². The number of hydrogen-bond donors (Lipinski definition) is 2. The average molecular weight is 274 g/mol. The molecule has 5 nitrogen and oxygen atoms in total. The lowest BCUT2D eigenvalue weighted by Crippen LogP contribution is -2.32. The highest BCUT2D eigenvalue weighted by Crippen LogP contribution is 2.21. The van der Waals surface area contributed by atoms with Crippen LogP contribution in [0.5, 0.6) is 0 Å². The van der Waals surface area contributed by atoms with E-state index in [1.54, 1.807) is 20.0 Å². The molecule has 0 aromatic carbocycles. The molecule has 18 heavy (non-hydrogen) atoms. The van der Waals surface area contributed by atoms with Gasteiger partial charge in [-0.3, -0.25) is 0 Å². The van der Waals surface area contributed by atoms with Gasteiger partial charge < -0.3 is 9.73 Å². The Morgan fingerprint density at radius 1 is 1.33 bits per heavy atom. The first-order valence-electron chi connectivity index (χ1n) is 5.89. The molecule has 0 unspecified atom stereocenters. The van der Waals surface area contributed by atoms with Gasteiger partial charge in [-0.05, 0) is 19.4 Å². The molecule has 0 amide bonds. The topological polar surface area (TPSA) is 71.3 Å². The minimum atomic E-state index is -3.49. The third-order valence-corrected chi connectivity index (χ3v) is 3.87. The summed E-state index contributed by atoms with van der Waals surface area (Å²) in [6, 6.07) is 1.57. The van der Waals surface area contributed by atoms with Crippen molar-refractivity contribution in [3.05, 3.63) is 17.6 Å². The Morgan fingerprint density at radius 3 is 2.44 bits per heavy atom. The molecule has 6 heteroatoms. The molecule has 1 aromatic rings. The van der Waals surface area contributed by atoms with Crippen LogP contribution in [0.4, 0.5) is 0 Å². The summed E-state index contributed by atoms with van der Waals surface area (Å²) >= 11 is 0. The smallest absolute Gasteiger partial charge is 0.244 e. The molecule has 0 saturated heterocycles. The predicted molar refractivity (Wildman–Crippen MR) is 70.9 cm³/mol. The summed E-state index contributed by atoms with van der Waals surface area (Å²) in [6.07, 6.45) is 0. The predicted octanol–water partition coefficient (Wildman–Crippen LogP) is 1.63. The van der Waals surface area contributed by atoms with Crippen LogP contribution >= 0.6 is 0 Å². The first kappa shape index (κ1) is 15.2. The molecular formula is C12H22N2O3S. The van der Waals surface area contributed by atoms with E-state index in [4.69, 9.17) is 4.42 Å². The lowest BCUT2D eigenvalue weighted by Gasteiger charge is -2.18. The molecule has 0 bridgehead atoms. The summed E-state index contributed by atoms with van der Waals surface area (Å²) in [4.78, 5) is 0.219. The Morgan fingerprint density at radius 2 is 1.94 bits per heavy atom. The van der Waals surface area contributed by atoms with Crippen molar-refractivity contribution >= 4 is 10.0 Å². The maximum Gasteiger partial charge on any atom is 0.244 e. The maximum absolute atomic E-state index is 12.1. The lowest BCUT2D eigenvalue weighted by molar-refractivity contribution is 0.407. The minimum absolute atomic E-state index is 0.0987. The van der Waals surface area contributed by atoms with Crippen LogP contribution in [0.3, 0.4) is 0 Å². The Bertz CT molecular complexity index is 498. The molecule has 0 fully saturated rings. The van der Waals surface area contributed by atoms with E-state index < -0.39 is 10.0 Å². The molecule has 1 rings (SSSR count). The summed E-state index contributed by atoms with van der Waals surface area (Å²) < 4.78 is 32.2. The fourth-order valence-corrected chi connectivity index (χ4v) is 2.93. The molecule has 0 aliphatic rings. The van der Waals surface area contributed by atoms with E-state index >= 15 is 0 Å². The minimum Gasteiger partial charge on any atom is -0.464 e. The summed E-state index contributed by atoms with van der Waals surface area (Å²) in [7, 11) is -1.71. The standard InChI is InChI=1S/C12H22N2O3S/c1-9-11(6-10(17-9)7-13-5)18(15,16)14-8-12(2,3)4/h6,13-14H,7-8H2,1-5H3. The van der Waals surface area contributed by atoms with Crippen LogP contribution in [0.15, 0.2) is 15.4 Å². The van der Waals surface area contributed by atoms with Crippen LogP contribution in [-0.4, -0.2) is 22.0 Å². The highest BCUT2D eigenvalue weighted by molar-refractivity contribution is 7.89. The molecule has 0 spiro atoms. The number of furan rings is 1. The molecule has 0 aliphatic carbocycles. The van der Waals surface area contributed by atoms with E-state index in [1.165, 1.54) is 0 Å². The average Bonchev–Trinajstić information content (AvgIpc) is 2.57. The highest BCUT2D eigenvalue weighted by Gasteiger charge is 2.23. The zero-order valence-corrected chi connectivity index (χ0v) is 12.4. The number of nitrogens with one attached hydrogen (secondary N) is 2. The fraction of sp³-hybridized carbons (Fsp3) is 0.667. The monoisotopic (exact) mass is 274 g/mol. The first-order chi connectivity index (χ1) is 8.15. The molecular weight excluding hydrogens is 252 g/mol. The van der Waals surface area contributed by atoms with Crippen molar-refractivity contribution in [1.82, 2.24) is 10.0 Å². The maximum atomic E-state index is 12.1. The second-order valence-electron chi connectivity index (χ2n) is 5.55. The quantitative estimate of drug-likeness (QED) is 0.856. The van der Waals surface area contributed by atoms with Gasteiger partial charge in [-0.2, -0.15) is 0 Å². The fourth-order valence-electron chi connectivity index (χ4n) is 1.44. The van der Waals surface area contributed by atoms with Crippen LogP contribution in [-0.2, 0) is 16.6 Å². The lowest BCUT2D eigenvalue weighted by atomic mass is 9.98. The van der Waals surface area contributed by atoms with Crippen LogP contribution in [0.1, 0.15) is 32.3 Å². The second-order valence-corrected chi connectivity index (χ2v) is 7.28. The zero-order valence-electron chi connectivity index (χ0n) is 11.6. The van der Waals surface area contributed by atoms with Gasteiger partial charge in [0, 0.05) is 12.6 Å². The van der Waals surface area contributed by atoms with Crippen molar-refractivity contribution in [3.8, 4) is 0 Å². The van der Waals surface area contributed by atoms with Gasteiger partial charge >= 0.3 is 0 Å². The van der Waals surface area contributed by atoms with E-state index in [9.17, 15) is 8.42 Å². The van der Waals surface area contributed by atoms with Crippen LogP contribution in [0.25, 0.3) is 0 Å². The Balaban J connectivity index is 2.91. The SMILES string of the molecule is CNCc1cc(S(=O)(=O)NCC(C)(C)C)c(C)o1. The van der Waals surface area contributed by atoms with Gasteiger partial charge in [0.15, 0.2) is 0 Å². The van der Waals surface area contributed by atoms with E-state index in [0.717, 1.165) is 0 Å². The first-order valence-corrected chi connectivity index (χ1v) is 7.37. The van der Waals surface area contributed by atoms with E-state index in [2.05, 4.69) is 10.0 Å². The van der Waals surface area contributed by atoms with Crippen molar-refractivity contribution in [2.75, 3.05) is 13.6 Å². The molecule has 0 aliphatic heterocycles. The molecule has 1 heterocycles. The Labute approximate surface area is 109 Å². The largest absolute Gasteiger partial charge is 0.464 e. The van der Waals surface area contributed by atoms with E-state index in [0.29, 0.717) is 24.6 Å². The summed E-state index contributed by atoms with van der Waals surface area (Å²) in [5.74, 6) is 1.03. The zero-order chi connectivity index (χ0) is 14.0. The third-order valence-electron chi connectivity index (χ3n) is 2.36. The normalized spacial score (nSPS) is 12.9. The molecule has 1 aromatic heterocycles. The number of hydrogen-bond acceptors (Lipinski definition) is 4. The molecule has 2 N–H and O–H groups in total. The van der Waals surface area contributed by atoms with Crippen molar-refractivity contribution < 1.29 is 12.8 Å². The second kappa shape index (κ2) is 5.42. The molecule has 104 valence electrons. The van der Waals surface area contributed by atoms with E-state index in [1.807, 2.05) is 20.8 Å². The van der Waals surface area contributed by atoms with Crippen LogP contribution in [0, 0.1) is 12.3 Å². The highest BCUT2D eigenvalue weighted by atomic mass is 32.2. The van der Waals surface area contributed by atoms with Gasteiger partial charge in [-0.25, -0.2) is 13.1 Å². The van der Waals surface area contributed by atoms with Crippen molar-refractivity contribution in [2.24, 2.45) is 5.41 Å². The molecule has 0 saturated carbocycles. The van der Waals surface area contributed by atoms with Gasteiger partial charge in [-0.15, -0.1) is 0 Å². The van der Waals surface area contributed by atoms with Crippen molar-refractivity contribution in [2.45, 2.75) is 39.1 Å². The van der Waals surface area contributed by atoms with Gasteiger partial charge in [0.25, 0.3) is 0 Å². The Hall–Kier alpha value is -0.850. The summed E-state index contributed by atoms with van der Waals surface area (Å²) in [5, 5.41) is 2.92. The van der Waals surface area contributed by atoms with Gasteiger partial charge in [0.05, 0.1) is 6.54 Å². The number of aryl methyl sites for hydroxylation is 1. The van der Waals surface area contributed by atoms with Gasteiger partial charge in [0.2, 0.25) is 10.0 Å². The van der Waals surface area contributed by atoms with Crippen molar-refractivity contribution in [1.29, 1.82) is 0 Å². The third kappa shape index (κ3) is 4.12. The number of sulfonamides is 1. The van der Waals surface area contributed by atoms with E-state index in [-0.39, 0.29) is 10.3 Å². The summed E-state index contributed by atoms with van der Waals surface area (Å²) in [5.41, 5.74) is -0.0987. The molecule has 0 radical (unpaired) electrons. The Kier molecular flexibility index (Phi) is 4.58. The molecule has 0 atom stereocenters. The number of rotatable bonds is 5. The van der Waals surface area contributed by atoms with Crippen molar-refractivity contribution in [3.63, 3.8) is 0 Å². The van der Waals surface area contributed by atoms with Crippen LogP contribution in [0.2, 0.25) is 0 Å². The van der Waals surface area contributed by atoms with Crippen LogP contribution < -0.4 is 10.0 Å². The summed E-state index contributed by atoms with van der Waals surface area (Å²) in [6.45, 7) is 8.49.